The smallest absolute Gasteiger partial charge is 1.00 e. The first kappa shape index (κ1) is 34.7. The fourth-order valence-corrected chi connectivity index (χ4v) is 11.0. The Bertz CT molecular complexity index is 1110. The maximum absolute atomic E-state index is 12.4. The number of benzene rings is 2. The largest absolute Gasteiger partial charge is 1.00 e. The minimum atomic E-state index is -1.06. The molecular weight excluding hydrogens is 1150 g/mol. The van der Waals surface area contributed by atoms with Crippen LogP contribution >= 0.6 is 136 Å². The van der Waals surface area contributed by atoms with Gasteiger partial charge >= 0.3 is 41.5 Å². The molecule has 0 spiro atoms. The number of carboxylic acid groups (broad SMARTS) is 2. The number of aromatic carboxylic acids is 2. The molecule has 0 aliphatic rings. The Morgan fingerprint density at radius 1 is 0.657 bits per heavy atom. The van der Waals surface area contributed by atoms with E-state index in [1.807, 2.05) is 90.4 Å². The van der Waals surface area contributed by atoms with Crippen LogP contribution in [0.5, 0.6) is 0 Å². The van der Waals surface area contributed by atoms with Crippen LogP contribution in [0.15, 0.2) is 12.1 Å². The molecule has 0 fully saturated rings. The first-order chi connectivity index (χ1) is 15.8. The van der Waals surface area contributed by atoms with Crippen molar-refractivity contribution in [1.29, 1.82) is 0 Å². The molecule has 0 atom stereocenters. The van der Waals surface area contributed by atoms with Gasteiger partial charge in [0.1, 0.15) is 0 Å². The van der Waals surface area contributed by atoms with Crippen LogP contribution in [0.4, 0.5) is 11.4 Å². The van der Waals surface area contributed by atoms with Crippen LogP contribution in [0.2, 0.25) is 0 Å². The van der Waals surface area contributed by atoms with Gasteiger partial charge in [-0.2, -0.15) is 0 Å². The Morgan fingerprint density at radius 3 is 1.26 bits per heavy atom. The van der Waals surface area contributed by atoms with E-state index in [0.29, 0.717) is 38.5 Å². The summed E-state index contributed by atoms with van der Waals surface area (Å²) in [5.41, 5.74) is 1.25. The second kappa shape index (κ2) is 16.1. The second-order valence-electron chi connectivity index (χ2n) is 6.72. The Labute approximate surface area is 306 Å². The van der Waals surface area contributed by atoms with E-state index in [1.54, 1.807) is 12.1 Å². The SMILES string of the molecule is O=C(CCCCC(=O)Nc1c(I)cc(I)c(C(=O)O)c1I)Nc1c(I)cc(I)c(C(=O)O)c1I.[H-].[Na+]. The molecule has 0 bridgehead atoms. The average molecular weight is 1160 g/mol. The number of amides is 2. The Balaban J connectivity index is 0.00000612. The van der Waals surface area contributed by atoms with E-state index in [-0.39, 0.29) is 66.8 Å². The average Bonchev–Trinajstić information content (AvgIpc) is 2.70. The van der Waals surface area contributed by atoms with Crippen molar-refractivity contribution in [1.82, 2.24) is 0 Å². The molecule has 2 amide bonds. The quantitative estimate of drug-likeness (QED) is 0.171. The molecule has 0 aliphatic heterocycles. The van der Waals surface area contributed by atoms with Crippen molar-refractivity contribution >= 4 is 171 Å². The number of carbonyl (C=O) groups is 4. The van der Waals surface area contributed by atoms with E-state index >= 15 is 0 Å². The monoisotopic (exact) mass is 1160 g/mol. The van der Waals surface area contributed by atoms with Crippen LogP contribution in [0, 0.1) is 21.4 Å². The van der Waals surface area contributed by atoms with Crippen LogP contribution in [-0.4, -0.2) is 34.0 Å². The van der Waals surface area contributed by atoms with Gasteiger partial charge in [0.15, 0.2) is 0 Å². The summed E-state index contributed by atoms with van der Waals surface area (Å²) < 4.78 is 3.61. The van der Waals surface area contributed by atoms with Gasteiger partial charge in [0.25, 0.3) is 0 Å². The fraction of sp³-hybridized carbons (Fsp3) is 0.200. The van der Waals surface area contributed by atoms with Gasteiger partial charge in [-0.15, -0.1) is 0 Å². The zero-order chi connectivity index (χ0) is 25.7. The van der Waals surface area contributed by atoms with E-state index in [1.165, 1.54) is 0 Å². The van der Waals surface area contributed by atoms with Gasteiger partial charge in [0, 0.05) is 27.1 Å². The van der Waals surface area contributed by atoms with Gasteiger partial charge in [-0.1, -0.05) is 0 Å². The number of rotatable bonds is 9. The van der Waals surface area contributed by atoms with Gasteiger partial charge < -0.3 is 22.3 Å². The molecule has 0 unspecified atom stereocenters. The molecule has 2 aromatic carbocycles. The molecule has 2 aromatic rings. The van der Waals surface area contributed by atoms with E-state index in [9.17, 15) is 29.4 Å². The molecule has 0 saturated carbocycles. The fourth-order valence-electron chi connectivity index (χ4n) is 2.78. The number of carbonyl (C=O) groups excluding carboxylic acids is 2. The minimum absolute atomic E-state index is 0. The summed E-state index contributed by atoms with van der Waals surface area (Å²) in [6.45, 7) is 0. The summed E-state index contributed by atoms with van der Waals surface area (Å²) in [6, 6.07) is 3.41. The third kappa shape index (κ3) is 9.69. The zero-order valence-electron chi connectivity index (χ0n) is 18.8. The molecule has 15 heteroatoms. The van der Waals surface area contributed by atoms with E-state index in [0.717, 1.165) is 7.14 Å². The van der Waals surface area contributed by atoms with Gasteiger partial charge in [-0.3, -0.25) is 9.59 Å². The summed E-state index contributed by atoms with van der Waals surface area (Å²) in [5, 5.41) is 24.4. The molecule has 0 heterocycles. The zero-order valence-corrected chi connectivity index (χ0v) is 32.7. The summed E-state index contributed by atoms with van der Waals surface area (Å²) in [5.74, 6) is -2.64. The van der Waals surface area contributed by atoms with Crippen molar-refractivity contribution in [3.63, 3.8) is 0 Å². The van der Waals surface area contributed by atoms with Crippen molar-refractivity contribution in [3.05, 3.63) is 44.7 Å². The number of carboxylic acids is 2. The van der Waals surface area contributed by atoms with Gasteiger partial charge in [0.05, 0.1) is 29.6 Å². The van der Waals surface area contributed by atoms with Gasteiger partial charge in [0.2, 0.25) is 11.8 Å². The minimum Gasteiger partial charge on any atom is -1.00 e. The Hall–Kier alpha value is 1.70. The van der Waals surface area contributed by atoms with Crippen molar-refractivity contribution < 1.29 is 60.4 Å². The molecule has 184 valence electrons. The molecule has 0 radical (unpaired) electrons. The maximum Gasteiger partial charge on any atom is 1.00 e. The molecule has 4 N–H and O–H groups in total. The first-order valence-electron chi connectivity index (χ1n) is 9.26. The third-order valence-electron chi connectivity index (χ3n) is 4.35. The third-order valence-corrected chi connectivity index (χ3v) is 9.92. The van der Waals surface area contributed by atoms with Crippen molar-refractivity contribution in [3.8, 4) is 0 Å². The number of hydrogen-bond donors (Lipinski definition) is 4. The van der Waals surface area contributed by atoms with Crippen molar-refractivity contribution in [2.45, 2.75) is 25.7 Å². The molecule has 0 saturated heterocycles. The Kier molecular flexibility index (Phi) is 16.0. The standard InChI is InChI=1S/C20H14I6N2O6.Na.H/c21-7-5-9(23)17(15(25)13(7)19(31)32)27-11(29)3-1-2-4-12(30)28-18-10(24)6-8(22)14(16(18)26)20(33)34;;/h5-6H,1-4H2,(H,27,29)(H,28,30)(H,31,32)(H,33,34);;/q;+1;-1. The molecule has 0 aliphatic carbocycles. The number of unbranched alkanes of at least 4 members (excludes halogenated alkanes) is 1. The van der Waals surface area contributed by atoms with Crippen LogP contribution < -0.4 is 40.2 Å². The van der Waals surface area contributed by atoms with E-state index in [4.69, 9.17) is 0 Å². The van der Waals surface area contributed by atoms with E-state index in [2.05, 4.69) is 55.8 Å². The van der Waals surface area contributed by atoms with Crippen LogP contribution in [-0.2, 0) is 9.59 Å². The normalized spacial score (nSPS) is 10.3. The molecule has 0 aromatic heterocycles. The van der Waals surface area contributed by atoms with Crippen LogP contribution in [0.3, 0.4) is 0 Å². The van der Waals surface area contributed by atoms with Crippen molar-refractivity contribution in [2.24, 2.45) is 0 Å². The van der Waals surface area contributed by atoms with E-state index < -0.39 is 11.9 Å². The number of nitrogens with one attached hydrogen (secondary N) is 2. The second-order valence-corrected chi connectivity index (χ2v) is 13.5. The number of halogens is 6. The van der Waals surface area contributed by atoms with Crippen molar-refractivity contribution in [2.75, 3.05) is 10.6 Å². The topological polar surface area (TPSA) is 133 Å². The van der Waals surface area contributed by atoms with Crippen LogP contribution in [0.25, 0.3) is 0 Å². The number of hydrogen-bond acceptors (Lipinski definition) is 4. The van der Waals surface area contributed by atoms with Crippen LogP contribution in [0.1, 0.15) is 47.8 Å². The first-order valence-corrected chi connectivity index (χ1v) is 15.7. The summed E-state index contributed by atoms with van der Waals surface area (Å²) in [4.78, 5) is 47.9. The van der Waals surface area contributed by atoms with Gasteiger partial charge in [-0.25, -0.2) is 9.59 Å². The molecule has 2 rings (SSSR count). The Morgan fingerprint density at radius 2 is 0.971 bits per heavy atom. The maximum atomic E-state index is 12.4. The predicted octanol–water partition coefficient (Wildman–Crippen LogP) is 3.96. The molecule has 8 nitrogen and oxygen atoms in total. The predicted molar refractivity (Wildman–Crippen MR) is 180 cm³/mol. The molecular formula is C20H15I6N2NaO6. The summed E-state index contributed by atoms with van der Waals surface area (Å²) in [6.07, 6.45) is 1.28. The molecule has 35 heavy (non-hydrogen) atoms. The van der Waals surface area contributed by atoms with Gasteiger partial charge in [-0.05, 0) is 161 Å². The number of anilines is 2. The summed E-state index contributed by atoms with van der Waals surface area (Å²) >= 11 is 11.9. The summed E-state index contributed by atoms with van der Waals surface area (Å²) in [7, 11) is 0.